The zero-order chi connectivity index (χ0) is 20.7. The average Bonchev–Trinajstić information content (AvgIpc) is 3.06. The van der Waals surface area contributed by atoms with E-state index in [1.807, 2.05) is 0 Å². The van der Waals surface area contributed by atoms with Crippen LogP contribution in [0.3, 0.4) is 0 Å². The normalized spacial score (nSPS) is 18.4. The molecule has 1 aromatic carbocycles. The van der Waals surface area contributed by atoms with E-state index >= 15 is 0 Å². The monoisotopic (exact) mass is 411 g/mol. The number of hydrogen-bond acceptors (Lipinski definition) is 8. The number of amides is 2. The number of nitro benzene ring substituents is 1. The standard InChI is InChI=1S/C17H21N3O7S/c1-11(21)28-15-7-14(10-26-16(22)18-2)19(8-15)17(23)27-9-12-3-5-13(6-4-12)20(24)25/h3-6,14-15H,7-10H2,1-2H3,(H,18,22)/t14-,15-/m0/s1. The summed E-state index contributed by atoms with van der Waals surface area (Å²) in [5.74, 6) is 0. The van der Waals surface area contributed by atoms with Gasteiger partial charge in [-0.1, -0.05) is 11.8 Å². The van der Waals surface area contributed by atoms with Gasteiger partial charge < -0.3 is 19.7 Å². The first-order valence-corrected chi connectivity index (χ1v) is 9.36. The number of likely N-dealkylation sites (tertiary alicyclic amines) is 1. The number of alkyl carbamates (subject to hydrolysis) is 1. The number of benzene rings is 1. The fourth-order valence-corrected chi connectivity index (χ4v) is 3.78. The summed E-state index contributed by atoms with van der Waals surface area (Å²) in [5, 5.41) is 12.8. The van der Waals surface area contributed by atoms with Crippen LogP contribution in [0.1, 0.15) is 18.9 Å². The quantitative estimate of drug-likeness (QED) is 0.558. The largest absolute Gasteiger partial charge is 0.447 e. The highest BCUT2D eigenvalue weighted by atomic mass is 32.2. The van der Waals surface area contributed by atoms with Crippen molar-refractivity contribution in [3.63, 3.8) is 0 Å². The highest BCUT2D eigenvalue weighted by Crippen LogP contribution is 2.29. The lowest BCUT2D eigenvalue weighted by atomic mass is 10.2. The van der Waals surface area contributed by atoms with E-state index in [1.165, 1.54) is 43.1 Å². The lowest BCUT2D eigenvalue weighted by molar-refractivity contribution is -0.384. The minimum Gasteiger partial charge on any atom is -0.447 e. The van der Waals surface area contributed by atoms with Gasteiger partial charge in [-0.25, -0.2) is 9.59 Å². The molecule has 2 amide bonds. The summed E-state index contributed by atoms with van der Waals surface area (Å²) < 4.78 is 10.3. The van der Waals surface area contributed by atoms with Crippen molar-refractivity contribution in [2.75, 3.05) is 20.2 Å². The number of non-ortho nitro benzene ring substituents is 1. The van der Waals surface area contributed by atoms with Crippen molar-refractivity contribution >= 4 is 34.8 Å². The van der Waals surface area contributed by atoms with Gasteiger partial charge in [-0.15, -0.1) is 0 Å². The van der Waals surface area contributed by atoms with Crippen molar-refractivity contribution in [1.82, 2.24) is 10.2 Å². The van der Waals surface area contributed by atoms with Crippen LogP contribution in [-0.2, 0) is 20.9 Å². The van der Waals surface area contributed by atoms with Gasteiger partial charge in [0.1, 0.15) is 13.2 Å². The first-order valence-electron chi connectivity index (χ1n) is 8.48. The fraction of sp³-hybridized carbons (Fsp3) is 0.471. The van der Waals surface area contributed by atoms with Gasteiger partial charge in [0, 0.05) is 37.9 Å². The molecule has 1 aliphatic rings. The van der Waals surface area contributed by atoms with Crippen LogP contribution in [0.5, 0.6) is 0 Å². The zero-order valence-electron chi connectivity index (χ0n) is 15.5. The highest BCUT2D eigenvalue weighted by molar-refractivity contribution is 8.14. The Kier molecular flexibility index (Phi) is 7.61. The van der Waals surface area contributed by atoms with E-state index in [0.29, 0.717) is 18.5 Å². The van der Waals surface area contributed by atoms with E-state index in [-0.39, 0.29) is 29.3 Å². The van der Waals surface area contributed by atoms with Crippen LogP contribution in [0.25, 0.3) is 0 Å². The van der Waals surface area contributed by atoms with E-state index in [1.54, 1.807) is 0 Å². The Morgan fingerprint density at radius 1 is 1.29 bits per heavy atom. The number of ether oxygens (including phenoxy) is 2. The summed E-state index contributed by atoms with van der Waals surface area (Å²) in [6.45, 7) is 1.68. The number of hydrogen-bond donors (Lipinski definition) is 1. The van der Waals surface area contributed by atoms with Gasteiger partial charge in [-0.2, -0.15) is 0 Å². The average molecular weight is 411 g/mol. The van der Waals surface area contributed by atoms with Crippen LogP contribution in [0.4, 0.5) is 15.3 Å². The molecule has 1 aromatic rings. The third-order valence-corrected chi connectivity index (χ3v) is 5.07. The Bertz CT molecular complexity index is 741. The van der Waals surface area contributed by atoms with Gasteiger partial charge in [0.05, 0.1) is 11.0 Å². The van der Waals surface area contributed by atoms with Crippen LogP contribution in [-0.4, -0.2) is 58.6 Å². The first kappa shape index (κ1) is 21.5. The summed E-state index contributed by atoms with van der Waals surface area (Å²) in [6, 6.07) is 5.28. The van der Waals surface area contributed by atoms with E-state index < -0.39 is 23.2 Å². The number of carbonyl (C=O) groups excluding carboxylic acids is 3. The molecular formula is C17H21N3O7S. The van der Waals surface area contributed by atoms with E-state index in [4.69, 9.17) is 9.47 Å². The van der Waals surface area contributed by atoms with Gasteiger partial charge in [0.2, 0.25) is 0 Å². The van der Waals surface area contributed by atoms with Gasteiger partial charge in [-0.05, 0) is 24.1 Å². The maximum atomic E-state index is 12.5. The second-order valence-corrected chi connectivity index (χ2v) is 7.58. The van der Waals surface area contributed by atoms with E-state index in [2.05, 4.69) is 5.32 Å². The molecule has 10 nitrogen and oxygen atoms in total. The Morgan fingerprint density at radius 3 is 2.54 bits per heavy atom. The molecule has 2 atom stereocenters. The van der Waals surface area contributed by atoms with Crippen molar-refractivity contribution in [2.45, 2.75) is 31.2 Å². The molecule has 2 rings (SSSR count). The second-order valence-electron chi connectivity index (χ2n) is 6.10. The maximum Gasteiger partial charge on any atom is 0.410 e. The molecule has 1 saturated heterocycles. The van der Waals surface area contributed by atoms with Crippen LogP contribution in [0, 0.1) is 10.1 Å². The Labute approximate surface area is 165 Å². The number of nitrogens with one attached hydrogen (secondary N) is 1. The molecule has 11 heteroatoms. The number of nitrogens with zero attached hydrogens (tertiary/aromatic N) is 2. The molecule has 28 heavy (non-hydrogen) atoms. The van der Waals surface area contributed by atoms with Crippen molar-refractivity contribution in [2.24, 2.45) is 0 Å². The molecule has 0 spiro atoms. The third-order valence-electron chi connectivity index (χ3n) is 4.06. The molecule has 1 aliphatic heterocycles. The summed E-state index contributed by atoms with van der Waals surface area (Å²) in [4.78, 5) is 46.8. The molecule has 1 heterocycles. The summed E-state index contributed by atoms with van der Waals surface area (Å²) in [6.07, 6.45) is -0.717. The Hall–Kier alpha value is -2.82. The van der Waals surface area contributed by atoms with E-state index in [0.717, 1.165) is 11.8 Å². The number of thioether (sulfide) groups is 1. The van der Waals surface area contributed by atoms with Gasteiger partial charge in [0.15, 0.2) is 5.12 Å². The smallest absolute Gasteiger partial charge is 0.410 e. The van der Waals surface area contributed by atoms with Crippen LogP contribution in [0.15, 0.2) is 24.3 Å². The summed E-state index contributed by atoms with van der Waals surface area (Å²) in [5.41, 5.74) is 0.552. The molecule has 0 unspecified atom stereocenters. The van der Waals surface area contributed by atoms with Crippen LogP contribution < -0.4 is 5.32 Å². The predicted molar refractivity (Wildman–Crippen MR) is 101 cm³/mol. The Morgan fingerprint density at radius 2 is 1.96 bits per heavy atom. The van der Waals surface area contributed by atoms with Gasteiger partial charge in [-0.3, -0.25) is 14.9 Å². The first-order chi connectivity index (χ1) is 13.3. The Balaban J connectivity index is 1.96. The lowest BCUT2D eigenvalue weighted by Crippen LogP contribution is -2.40. The molecule has 152 valence electrons. The molecule has 1 fully saturated rings. The summed E-state index contributed by atoms with van der Waals surface area (Å²) in [7, 11) is 1.43. The predicted octanol–water partition coefficient (Wildman–Crippen LogP) is 2.31. The van der Waals surface area contributed by atoms with Crippen molar-refractivity contribution in [1.29, 1.82) is 0 Å². The minimum atomic E-state index is -0.609. The van der Waals surface area contributed by atoms with Crippen molar-refractivity contribution in [3.05, 3.63) is 39.9 Å². The zero-order valence-corrected chi connectivity index (χ0v) is 16.3. The molecular weight excluding hydrogens is 390 g/mol. The highest BCUT2D eigenvalue weighted by Gasteiger charge is 2.38. The fourth-order valence-electron chi connectivity index (χ4n) is 2.76. The number of carbonyl (C=O) groups is 3. The van der Waals surface area contributed by atoms with Gasteiger partial charge >= 0.3 is 12.2 Å². The summed E-state index contributed by atoms with van der Waals surface area (Å²) >= 11 is 1.14. The molecule has 0 bridgehead atoms. The second kappa shape index (κ2) is 9.93. The van der Waals surface area contributed by atoms with Crippen molar-refractivity contribution < 1.29 is 28.8 Å². The topological polar surface area (TPSA) is 128 Å². The maximum absolute atomic E-state index is 12.5. The lowest BCUT2D eigenvalue weighted by Gasteiger charge is -2.23. The van der Waals surface area contributed by atoms with E-state index in [9.17, 15) is 24.5 Å². The van der Waals surface area contributed by atoms with Crippen molar-refractivity contribution in [3.8, 4) is 0 Å². The molecule has 0 radical (unpaired) electrons. The molecule has 0 saturated carbocycles. The number of rotatable bonds is 6. The molecule has 0 aliphatic carbocycles. The van der Waals surface area contributed by atoms with Gasteiger partial charge in [0.25, 0.3) is 5.69 Å². The third kappa shape index (κ3) is 6.12. The SMILES string of the molecule is CNC(=O)OC[C@@H]1C[C@H](SC(C)=O)CN1C(=O)OCc1ccc([N+](=O)[O-])cc1. The number of nitro groups is 1. The minimum absolute atomic E-state index is 0.0126. The molecule has 0 aromatic heterocycles. The molecule has 1 N–H and O–H groups in total. The van der Waals surface area contributed by atoms with Crippen LogP contribution >= 0.6 is 11.8 Å². The van der Waals surface area contributed by atoms with Crippen LogP contribution in [0.2, 0.25) is 0 Å².